The molecule has 498 valence electrons. The lowest BCUT2D eigenvalue weighted by molar-refractivity contribution is 0.806. The zero-order chi connectivity index (χ0) is 68.6. The Morgan fingerprint density at radius 3 is 0.576 bits per heavy atom. The van der Waals surface area contributed by atoms with E-state index in [9.17, 15) is 0 Å². The molecule has 7 saturated heterocycles. The molecule has 0 N–H and O–H groups in total. The van der Waals surface area contributed by atoms with Crippen LogP contribution in [0.4, 0.5) is 0 Å². The molecule has 1 aliphatic carbocycles. The quantitative estimate of drug-likeness (QED) is 0.0643. The summed E-state index contributed by atoms with van der Waals surface area (Å²) in [4.78, 5) is 0. The summed E-state index contributed by atoms with van der Waals surface area (Å²) < 4.78 is 0. The number of rotatable bonds is 21. The second-order valence-electron chi connectivity index (χ2n) is 36.6. The van der Waals surface area contributed by atoms with Crippen LogP contribution in [0.15, 0.2) is 83.0 Å². The molecule has 7 fully saturated rings. The van der Waals surface area contributed by atoms with Gasteiger partial charge in [0.1, 0.15) is 0 Å². The lowest BCUT2D eigenvalue weighted by Gasteiger charge is -2.99. The molecule has 5 aromatic carbocycles. The van der Waals surface area contributed by atoms with Gasteiger partial charge in [0.05, 0.1) is 20.8 Å². The van der Waals surface area contributed by atoms with Crippen molar-refractivity contribution in [3.8, 4) is 0 Å². The van der Waals surface area contributed by atoms with Gasteiger partial charge in [-0.3, -0.25) is 0 Å². The zero-order valence-corrected chi connectivity index (χ0v) is 72.4. The van der Waals surface area contributed by atoms with Crippen molar-refractivity contribution < 1.29 is 0 Å². The Morgan fingerprint density at radius 2 is 0.402 bits per heavy atom. The van der Waals surface area contributed by atoms with Gasteiger partial charge in [0, 0.05) is 25.1 Å². The first kappa shape index (κ1) is 70.4. The van der Waals surface area contributed by atoms with Crippen molar-refractivity contribution in [1.29, 1.82) is 0 Å². The molecule has 0 saturated carbocycles. The van der Waals surface area contributed by atoms with Gasteiger partial charge in [0.15, 0.2) is 0 Å². The van der Waals surface area contributed by atoms with Crippen LogP contribution in [0.3, 0.4) is 0 Å². The van der Waals surface area contributed by atoms with Crippen molar-refractivity contribution in [2.45, 2.75) is 336 Å². The van der Waals surface area contributed by atoms with E-state index in [1.54, 1.807) is 39.0 Å². The maximum atomic E-state index is 3.12. The molecule has 7 heterocycles. The Bertz CT molecular complexity index is 3590. The van der Waals surface area contributed by atoms with Gasteiger partial charge in [0.2, 0.25) is 0 Å². The van der Waals surface area contributed by atoms with Gasteiger partial charge in [-0.2, -0.15) is 0 Å². The van der Waals surface area contributed by atoms with Gasteiger partial charge in [-0.25, -0.2) is 0 Å². The maximum Gasteiger partial charge on any atom is 0.0972 e. The van der Waals surface area contributed by atoms with Crippen LogP contribution in [0.2, 0.25) is 5.04 Å². The van der Waals surface area contributed by atoms with Crippen molar-refractivity contribution in [3.05, 3.63) is 166 Å². The fraction of sp³-hybridized carbons (Fsp3) is 0.600. The van der Waals surface area contributed by atoms with Gasteiger partial charge in [-0.05, 0) is 216 Å². The van der Waals surface area contributed by atoms with Crippen LogP contribution in [0.25, 0.3) is 0 Å². The topological polar surface area (TPSA) is 0 Å². The van der Waals surface area contributed by atoms with E-state index >= 15 is 0 Å². The Labute approximate surface area is 570 Å². The summed E-state index contributed by atoms with van der Waals surface area (Å²) in [5, 5.41) is 10.9. The molecule has 3 spiro atoms. The van der Waals surface area contributed by atoms with E-state index < -0.39 is 45.9 Å². The van der Waals surface area contributed by atoms with Gasteiger partial charge < -0.3 is 0 Å². The lowest BCUT2D eigenvalue weighted by atomic mass is 9.89. The molecular formula is C85H130Si7. The first-order chi connectivity index (χ1) is 42.6. The largest absolute Gasteiger partial charge is 0.0972 e. The highest BCUT2D eigenvalue weighted by Crippen LogP contribution is 3.19. The number of hydrogen-bond acceptors (Lipinski definition) is 0. The number of benzene rings is 5. The fourth-order valence-corrected chi connectivity index (χ4v) is 1020. The predicted octanol–water partition coefficient (Wildman–Crippen LogP) is 21.9. The van der Waals surface area contributed by atoms with Crippen LogP contribution in [-0.4, -0.2) is 45.9 Å². The zero-order valence-electron chi connectivity index (χ0n) is 65.4. The Balaban J connectivity index is 1.61. The van der Waals surface area contributed by atoms with Gasteiger partial charge in [-0.15, -0.1) is 0 Å². The molecule has 5 aromatic rings. The molecule has 3 bridgehead atoms. The molecule has 2 unspecified atom stereocenters. The summed E-state index contributed by atoms with van der Waals surface area (Å²) in [5.74, 6) is 6.62. The number of allylic oxidation sites excluding steroid dienone is 4. The molecule has 0 aromatic heterocycles. The van der Waals surface area contributed by atoms with E-state index in [1.165, 1.54) is 0 Å². The third kappa shape index (κ3) is 7.52. The summed E-state index contributed by atoms with van der Waals surface area (Å²) in [6, 6.07) is 29.6. The summed E-state index contributed by atoms with van der Waals surface area (Å²) in [5.41, 5.74) is 33.5. The van der Waals surface area contributed by atoms with Crippen molar-refractivity contribution in [2.24, 2.45) is 0 Å². The van der Waals surface area contributed by atoms with Crippen molar-refractivity contribution >= 4 is 71.8 Å². The van der Waals surface area contributed by atoms with E-state index in [0.717, 1.165) is 0 Å². The van der Waals surface area contributed by atoms with Crippen LogP contribution in [0, 0.1) is 0 Å². The normalized spacial score (nSPS) is 25.5. The van der Waals surface area contributed by atoms with Crippen LogP contribution >= 0.6 is 0 Å². The molecule has 2 atom stereocenters. The highest BCUT2D eigenvalue weighted by atomic mass is 31.5. The smallest absolute Gasteiger partial charge is 0.0638 e. The Hall–Kier alpha value is -2.90. The second kappa shape index (κ2) is 22.6. The minimum atomic E-state index is -3.04. The van der Waals surface area contributed by atoms with Crippen LogP contribution in [0.5, 0.6) is 0 Å². The summed E-state index contributed by atoms with van der Waals surface area (Å²) in [6.07, 6.45) is -6.70. The Morgan fingerprint density at radius 1 is 0.228 bits per heavy atom. The predicted molar refractivity (Wildman–Crippen MR) is 427 cm³/mol. The molecule has 0 radical (unpaired) electrons. The minimum absolute atomic E-state index is 0.163. The third-order valence-corrected chi connectivity index (χ3v) is 376. The molecule has 7 aliphatic heterocycles. The third-order valence-electron chi connectivity index (χ3n) is 27.5. The SMILES string of the molecule is CC1=C(C)C(C)([Si]23[Si](c4c(C(C)C)cc(C(C)C)cc4C(C)C)(c4c(C(C)C)cc(C(C)C)cc4C(C)C)[Si]45[Si](c6c(C(C)C)cc(C(C)C)cc6C(C)C)(c6c(C(C)C)cc(C(C)C)cc6C(C)C)[Si]6(c7c(C(C)C)cc(C(C)C)cc7C(C)C)[Si]24[Si]635)C(C)=C1C. The highest BCUT2D eigenvalue weighted by Gasteiger charge is 3.58. The standard InChI is InChI=1S/C85H130Si7/c1-46(2)65-36-70(51(11)12)80(71(37-65)52(13)14)86(81-72(53(15)16)38-66(47(3)4)39-73(81)54(17)18)88(84-78(59(27)28)44-69(50(9)10)45-79(84)60(29)30)91-89(85(35)63(33)61(31)62(32)64(85)34)87(90(86,91)92(88,89)91,82-74(55(19)20)40-67(48(5)6)41-75(82)56(21)22)83-76(57(23)24)42-68(49(7)8)43-77(83)58(25)26/h36-60H,1-35H3. The summed E-state index contributed by atoms with van der Waals surface area (Å²) in [7, 11) is -6.04. The molecule has 0 amide bonds. The van der Waals surface area contributed by atoms with Crippen molar-refractivity contribution in [3.63, 3.8) is 0 Å². The lowest BCUT2D eigenvalue weighted by Crippen LogP contribution is -3.39. The number of hydrogen-bond donors (Lipinski definition) is 0. The van der Waals surface area contributed by atoms with E-state index in [4.69, 9.17) is 0 Å². The summed E-state index contributed by atoms with van der Waals surface area (Å²) in [6.45, 7) is 88.3. The van der Waals surface area contributed by atoms with Crippen LogP contribution in [-0.2, 0) is 0 Å². The second-order valence-corrected chi connectivity index (χ2v) is 139. The molecule has 7 heteroatoms. The average molecular weight is 1350 g/mol. The molecule has 8 aliphatic rings. The van der Waals surface area contributed by atoms with Crippen LogP contribution in [0.1, 0.15) is 415 Å². The average Bonchev–Trinajstić information content (AvgIpc) is 1.21. The summed E-state index contributed by atoms with van der Waals surface area (Å²) >= 11 is 0. The first-order valence-electron chi connectivity index (χ1n) is 37.9. The van der Waals surface area contributed by atoms with Crippen molar-refractivity contribution in [2.75, 3.05) is 0 Å². The van der Waals surface area contributed by atoms with E-state index in [0.29, 0.717) is 88.8 Å². The van der Waals surface area contributed by atoms with Crippen molar-refractivity contribution in [1.82, 2.24) is 0 Å². The van der Waals surface area contributed by atoms with E-state index in [1.807, 2.05) is 66.8 Å². The molecular weight excluding hydrogens is 1220 g/mol. The van der Waals surface area contributed by atoms with Crippen LogP contribution < -0.4 is 25.9 Å². The van der Waals surface area contributed by atoms with Gasteiger partial charge in [-0.1, -0.05) is 312 Å². The van der Waals surface area contributed by atoms with Gasteiger partial charge in [0.25, 0.3) is 0 Å². The van der Waals surface area contributed by atoms with E-state index in [2.05, 4.69) is 329 Å². The molecule has 13 rings (SSSR count). The highest BCUT2D eigenvalue weighted by molar-refractivity contribution is 9.21. The first-order valence-corrected chi connectivity index (χ1v) is 62.9. The monoisotopic (exact) mass is 1350 g/mol. The molecule has 92 heavy (non-hydrogen) atoms. The fourth-order valence-electron chi connectivity index (χ4n) is 23.6. The Kier molecular flexibility index (Phi) is 17.3. The van der Waals surface area contributed by atoms with Gasteiger partial charge >= 0.3 is 0 Å². The van der Waals surface area contributed by atoms with E-state index in [-0.39, 0.29) is 5.04 Å². The maximum absolute atomic E-state index is 3.12. The molecule has 0 nitrogen and oxygen atoms in total. The minimum Gasteiger partial charge on any atom is -0.0638 e.